The van der Waals surface area contributed by atoms with E-state index >= 15 is 0 Å². The van der Waals surface area contributed by atoms with E-state index in [9.17, 15) is 0 Å². The van der Waals surface area contributed by atoms with Gasteiger partial charge in [0.15, 0.2) is 0 Å². The zero-order chi connectivity index (χ0) is 6.28. The molecule has 0 aromatic carbocycles. The SMILES string of the molecule is C=CC(Cl)Cl.C=N. The fourth-order valence-electron chi connectivity index (χ4n) is 0. The molecule has 0 aromatic rings. The van der Waals surface area contributed by atoms with Crippen LogP contribution in [0.15, 0.2) is 12.7 Å². The van der Waals surface area contributed by atoms with Crippen LogP contribution in [0.5, 0.6) is 0 Å². The predicted octanol–water partition coefficient (Wildman–Crippen LogP) is 2.24. The minimum atomic E-state index is -0.407. The molecule has 0 amide bonds. The van der Waals surface area contributed by atoms with Crippen molar-refractivity contribution in [3.8, 4) is 0 Å². The van der Waals surface area contributed by atoms with Crippen molar-refractivity contribution in [2.75, 3.05) is 0 Å². The van der Waals surface area contributed by atoms with Crippen molar-refractivity contribution in [2.45, 2.75) is 4.84 Å². The molecule has 0 bridgehead atoms. The Morgan fingerprint density at radius 3 is 1.57 bits per heavy atom. The Morgan fingerprint density at radius 1 is 1.43 bits per heavy atom. The third-order valence-electron chi connectivity index (χ3n) is 0.178. The lowest BCUT2D eigenvalue weighted by molar-refractivity contribution is 1.61. The molecular formula is C4H7Cl2N. The maximum Gasteiger partial charge on any atom is 0.125 e. The summed E-state index contributed by atoms with van der Waals surface area (Å²) in [6.07, 6.45) is 1.45. The summed E-state index contributed by atoms with van der Waals surface area (Å²) in [6.45, 7) is 5.80. The predicted molar refractivity (Wildman–Crippen MR) is 35.5 cm³/mol. The molecule has 1 N–H and O–H groups in total. The van der Waals surface area contributed by atoms with Crippen LogP contribution in [-0.4, -0.2) is 11.6 Å². The van der Waals surface area contributed by atoms with Gasteiger partial charge in [0, 0.05) is 0 Å². The van der Waals surface area contributed by atoms with Crippen LogP contribution in [0.2, 0.25) is 0 Å². The van der Waals surface area contributed by atoms with Crippen molar-refractivity contribution in [2.24, 2.45) is 0 Å². The molecule has 0 unspecified atom stereocenters. The maximum absolute atomic E-state index is 5.50. The van der Waals surface area contributed by atoms with Crippen LogP contribution in [-0.2, 0) is 0 Å². The molecule has 0 radical (unpaired) electrons. The van der Waals surface area contributed by atoms with Crippen LogP contribution in [0.25, 0.3) is 0 Å². The summed E-state index contributed by atoms with van der Waals surface area (Å²) in [7, 11) is 0. The summed E-state index contributed by atoms with van der Waals surface area (Å²) in [5, 5.41) is 5.50. The lowest BCUT2D eigenvalue weighted by Gasteiger charge is -1.77. The minimum absolute atomic E-state index is 0.407. The van der Waals surface area contributed by atoms with Gasteiger partial charge in [-0.15, -0.1) is 29.8 Å². The second kappa shape index (κ2) is 9.37. The van der Waals surface area contributed by atoms with Crippen molar-refractivity contribution in [3.05, 3.63) is 12.7 Å². The van der Waals surface area contributed by atoms with Gasteiger partial charge in [-0.2, -0.15) is 0 Å². The highest BCUT2D eigenvalue weighted by Crippen LogP contribution is 1.99. The fraction of sp³-hybridized carbons (Fsp3) is 0.250. The van der Waals surface area contributed by atoms with E-state index in [1.807, 2.05) is 0 Å². The van der Waals surface area contributed by atoms with Gasteiger partial charge >= 0.3 is 0 Å². The average molecular weight is 140 g/mol. The van der Waals surface area contributed by atoms with Gasteiger partial charge in [-0.05, 0) is 6.72 Å². The number of allylic oxidation sites excluding steroid dienone is 1. The summed E-state index contributed by atoms with van der Waals surface area (Å²) in [5.74, 6) is 0. The average Bonchev–Trinajstić information content (AvgIpc) is 1.73. The molecule has 0 aliphatic heterocycles. The Morgan fingerprint density at radius 2 is 1.57 bits per heavy atom. The zero-order valence-corrected chi connectivity index (χ0v) is 5.34. The highest BCUT2D eigenvalue weighted by molar-refractivity contribution is 6.45. The van der Waals surface area contributed by atoms with Crippen LogP contribution >= 0.6 is 23.2 Å². The van der Waals surface area contributed by atoms with Gasteiger partial charge in [-0.1, -0.05) is 6.08 Å². The summed E-state index contributed by atoms with van der Waals surface area (Å²) in [4.78, 5) is -0.407. The van der Waals surface area contributed by atoms with E-state index in [4.69, 9.17) is 28.6 Å². The number of hydrogen-bond acceptors (Lipinski definition) is 1. The normalized spacial score (nSPS) is 6.71. The monoisotopic (exact) mass is 139 g/mol. The molecule has 0 saturated heterocycles. The standard InChI is InChI=1S/C3H4Cl2.CH3N/c1-2-3(4)5;1-2/h2-3H,1H2;2H,1H2. The summed E-state index contributed by atoms with van der Waals surface area (Å²) in [6, 6.07) is 0. The molecule has 0 atom stereocenters. The van der Waals surface area contributed by atoms with Gasteiger partial charge in [0.2, 0.25) is 0 Å². The molecule has 0 heterocycles. The van der Waals surface area contributed by atoms with Crippen molar-refractivity contribution in [1.82, 2.24) is 0 Å². The molecule has 0 aromatic heterocycles. The Balaban J connectivity index is 0. The number of halogens is 2. The van der Waals surface area contributed by atoms with Crippen molar-refractivity contribution in [3.63, 3.8) is 0 Å². The number of alkyl halides is 2. The van der Waals surface area contributed by atoms with Crippen LogP contribution in [0.3, 0.4) is 0 Å². The van der Waals surface area contributed by atoms with E-state index in [2.05, 4.69) is 13.3 Å². The van der Waals surface area contributed by atoms with Crippen LogP contribution in [0.4, 0.5) is 0 Å². The molecule has 0 aliphatic carbocycles. The Kier molecular flexibility index (Phi) is 13.5. The molecule has 0 rings (SSSR count). The van der Waals surface area contributed by atoms with E-state index in [0.717, 1.165) is 0 Å². The largest absolute Gasteiger partial charge is 0.317 e. The Bertz CT molecular complexity index is 45.0. The lowest BCUT2D eigenvalue weighted by atomic mass is 10.8. The molecule has 0 spiro atoms. The Labute approximate surface area is 53.4 Å². The Hall–Kier alpha value is -0.0100. The topological polar surface area (TPSA) is 23.9 Å². The second-order valence-electron chi connectivity index (χ2n) is 0.570. The molecule has 42 valence electrons. The van der Waals surface area contributed by atoms with Gasteiger partial charge < -0.3 is 5.41 Å². The third-order valence-corrected chi connectivity index (χ3v) is 0.535. The summed E-state index contributed by atoms with van der Waals surface area (Å²) >= 11 is 10.2. The zero-order valence-electron chi connectivity index (χ0n) is 3.82. The van der Waals surface area contributed by atoms with Crippen LogP contribution in [0, 0.1) is 5.41 Å². The highest BCUT2D eigenvalue weighted by Gasteiger charge is 1.80. The quantitative estimate of drug-likeness (QED) is 0.328. The van der Waals surface area contributed by atoms with Gasteiger partial charge in [-0.3, -0.25) is 0 Å². The van der Waals surface area contributed by atoms with Crippen LogP contribution < -0.4 is 0 Å². The third kappa shape index (κ3) is 24.1. The van der Waals surface area contributed by atoms with E-state index in [0.29, 0.717) is 0 Å². The van der Waals surface area contributed by atoms with E-state index in [1.165, 1.54) is 6.08 Å². The first kappa shape index (κ1) is 10.1. The minimum Gasteiger partial charge on any atom is -0.317 e. The van der Waals surface area contributed by atoms with Gasteiger partial charge in [0.25, 0.3) is 0 Å². The molecule has 3 heteroatoms. The summed E-state index contributed by atoms with van der Waals surface area (Å²) in [5.41, 5.74) is 0. The first-order chi connectivity index (χ1) is 3.27. The summed E-state index contributed by atoms with van der Waals surface area (Å²) < 4.78 is 0. The molecule has 0 aliphatic rings. The molecule has 0 saturated carbocycles. The first-order valence-corrected chi connectivity index (χ1v) is 2.40. The second-order valence-corrected chi connectivity index (χ2v) is 1.73. The maximum atomic E-state index is 5.50. The smallest absolute Gasteiger partial charge is 0.125 e. The molecule has 7 heavy (non-hydrogen) atoms. The molecule has 0 fully saturated rings. The van der Waals surface area contributed by atoms with Crippen molar-refractivity contribution in [1.29, 1.82) is 5.41 Å². The van der Waals surface area contributed by atoms with Gasteiger partial charge in [-0.25, -0.2) is 0 Å². The van der Waals surface area contributed by atoms with E-state index < -0.39 is 4.84 Å². The van der Waals surface area contributed by atoms with E-state index in [1.54, 1.807) is 0 Å². The molecule has 1 nitrogen and oxygen atoms in total. The lowest BCUT2D eigenvalue weighted by Crippen LogP contribution is -1.68. The fourth-order valence-corrected chi connectivity index (χ4v) is 0. The van der Waals surface area contributed by atoms with Gasteiger partial charge in [0.05, 0.1) is 0 Å². The van der Waals surface area contributed by atoms with E-state index in [-0.39, 0.29) is 0 Å². The van der Waals surface area contributed by atoms with Gasteiger partial charge in [0.1, 0.15) is 4.84 Å². The highest BCUT2D eigenvalue weighted by atomic mass is 35.5. The molecular weight excluding hydrogens is 133 g/mol. The number of rotatable bonds is 1. The number of hydrogen-bond donors (Lipinski definition) is 1. The number of nitrogens with one attached hydrogen (secondary N) is 1. The first-order valence-electron chi connectivity index (χ1n) is 1.53. The van der Waals surface area contributed by atoms with Crippen molar-refractivity contribution >= 4 is 29.9 Å². The van der Waals surface area contributed by atoms with Crippen molar-refractivity contribution < 1.29 is 0 Å². The van der Waals surface area contributed by atoms with Crippen LogP contribution in [0.1, 0.15) is 0 Å².